The number of fused-ring (bicyclic) bond motifs is 4. The minimum Gasteiger partial charge on any atom is -0.444 e. The van der Waals surface area contributed by atoms with Crippen LogP contribution in [0.5, 0.6) is 11.5 Å². The summed E-state index contributed by atoms with van der Waals surface area (Å²) < 4.78 is 25.1. The molecular weight excluding hydrogens is 1870 g/mol. The summed E-state index contributed by atoms with van der Waals surface area (Å²) in [5.74, 6) is 3.07. The van der Waals surface area contributed by atoms with E-state index in [0.717, 1.165) is 63.5 Å². The van der Waals surface area contributed by atoms with Gasteiger partial charge in [0.25, 0.3) is 22.2 Å². The maximum Gasteiger partial charge on any atom is 0.412 e. The van der Waals surface area contributed by atoms with Crippen LogP contribution in [0.25, 0.3) is 43.6 Å². The lowest BCUT2D eigenvalue weighted by Crippen LogP contribution is -2.29. The number of ether oxygens (including phenoxy) is 3. The molecule has 0 saturated carbocycles. The molecule has 0 fully saturated rings. The lowest BCUT2D eigenvalue weighted by molar-refractivity contribution is -0.133. The van der Waals surface area contributed by atoms with Gasteiger partial charge in [0.05, 0.1) is 74.2 Å². The number of halogens is 4. The van der Waals surface area contributed by atoms with Crippen molar-refractivity contribution in [3.8, 4) is 11.5 Å². The summed E-state index contributed by atoms with van der Waals surface area (Å²) in [6, 6.07) is 114. The highest BCUT2D eigenvalue weighted by atomic mass is 79.9. The second kappa shape index (κ2) is 43.2. The molecule has 4 heterocycles. The highest BCUT2D eigenvalue weighted by molar-refractivity contribution is 9.11. The van der Waals surface area contributed by atoms with E-state index in [4.69, 9.17) is 41.8 Å². The van der Waals surface area contributed by atoms with Crippen molar-refractivity contribution in [3.05, 3.63) is 492 Å². The van der Waals surface area contributed by atoms with E-state index in [0.29, 0.717) is 89.8 Å². The largest absolute Gasteiger partial charge is 0.444 e. The number of nitrogens with two attached hydrogens (primary N) is 1. The van der Waals surface area contributed by atoms with Crippen LogP contribution in [0.15, 0.2) is 397 Å². The van der Waals surface area contributed by atoms with Gasteiger partial charge in [0.15, 0.2) is 0 Å². The predicted molar refractivity (Wildman–Crippen MR) is 535 cm³/mol. The Kier molecular flexibility index (Phi) is 30.6. The number of nitrogen functional groups attached to an aromatic ring is 1. The van der Waals surface area contributed by atoms with Crippen molar-refractivity contribution < 1.29 is 28.6 Å². The van der Waals surface area contributed by atoms with Crippen LogP contribution < -0.4 is 42.8 Å². The number of aryl methyl sites for hydroxylation is 4. The van der Waals surface area contributed by atoms with Gasteiger partial charge in [-0.05, 0) is 214 Å². The van der Waals surface area contributed by atoms with Crippen LogP contribution in [0, 0.1) is 27.7 Å². The van der Waals surface area contributed by atoms with Gasteiger partial charge in [-0.25, -0.2) is 29.5 Å². The number of benzene rings is 14. The van der Waals surface area contributed by atoms with Crippen LogP contribution in [0.1, 0.15) is 118 Å². The van der Waals surface area contributed by atoms with Crippen LogP contribution in [-0.2, 0) is 16.0 Å². The Morgan fingerprint density at radius 3 is 0.939 bits per heavy atom. The van der Waals surface area contributed by atoms with Gasteiger partial charge in [-0.2, -0.15) is 0 Å². The van der Waals surface area contributed by atoms with Crippen LogP contribution in [-0.4, -0.2) is 61.3 Å². The van der Waals surface area contributed by atoms with Gasteiger partial charge < -0.3 is 19.9 Å². The maximum absolute atomic E-state index is 13.8. The summed E-state index contributed by atoms with van der Waals surface area (Å²) in [4.78, 5) is 108. The normalized spacial score (nSPS) is 11.1. The van der Waals surface area contributed by atoms with E-state index in [1.165, 1.54) is 0 Å². The molecule has 0 atom stereocenters. The molecule has 14 aromatic carbocycles. The molecule has 0 spiro atoms. The van der Waals surface area contributed by atoms with Crippen LogP contribution >= 0.6 is 59.4 Å². The predicted octanol–water partition coefficient (Wildman–Crippen LogP) is 24.2. The van der Waals surface area contributed by atoms with E-state index in [2.05, 4.69) is 87.1 Å². The summed E-state index contributed by atoms with van der Waals surface area (Å²) in [6.07, 6.45) is -0.480. The molecule has 0 saturated heterocycles. The molecule has 18 aromatic rings. The minimum absolute atomic E-state index is 0.0299. The Balaban J connectivity index is 0.000000137. The highest BCUT2D eigenvalue weighted by Crippen LogP contribution is 2.34. The van der Waals surface area contributed by atoms with Gasteiger partial charge in [-0.15, -0.1) is 0 Å². The lowest BCUT2D eigenvalue weighted by Gasteiger charge is -2.23. The SMILES string of the molecule is Cc1nc2cc(Br)ccc2c(=O)n1C(c1ccccc1)c1ccccc1.Cc1nc2cc(CC(=O)Oc3ccc(Br)cc3)ccc2c(=O)n1C(c1ccccc1)c1ccccc1.Cc1nc2cc(N)ccc2c(=O)n1C(c1ccccc1)c1ccccc1.Cc1nc2cc(NC(=O)OC(C)(C)C)ccc2c(=O)n1C(c1ccccc1)c1ccccc1.O=C(Cl)Oc1ccc(Br)cc1. The summed E-state index contributed by atoms with van der Waals surface area (Å²) >= 11 is 15.0. The number of hydrogen-bond donors (Lipinski definition) is 2. The van der Waals surface area contributed by atoms with E-state index in [1.807, 2.05) is 276 Å². The first-order valence-electron chi connectivity index (χ1n) is 42.2. The van der Waals surface area contributed by atoms with Crippen molar-refractivity contribution in [1.82, 2.24) is 38.2 Å². The summed E-state index contributed by atoms with van der Waals surface area (Å²) in [7, 11) is 0. The molecule has 0 aliphatic rings. The fourth-order valence-electron chi connectivity index (χ4n) is 15.6. The van der Waals surface area contributed by atoms with E-state index >= 15 is 0 Å². The maximum atomic E-state index is 13.8. The number of carbonyl (C=O) groups is 3. The second-order valence-corrected chi connectivity index (χ2v) is 34.8. The zero-order valence-electron chi connectivity index (χ0n) is 72.9. The molecule has 3 N–H and O–H groups in total. The number of amides is 1. The topological polar surface area (TPSA) is 257 Å². The number of hydrogen-bond acceptors (Lipinski definition) is 15. The molecule has 0 aliphatic carbocycles. The number of nitrogens with one attached hydrogen (secondary N) is 1. The third-order valence-electron chi connectivity index (χ3n) is 21.4. The van der Waals surface area contributed by atoms with Crippen molar-refractivity contribution in [2.45, 2.75) is 84.7 Å². The van der Waals surface area contributed by atoms with Gasteiger partial charge in [0.2, 0.25) is 0 Å². The monoisotopic (exact) mass is 1960 g/mol. The minimum atomic E-state index is -0.827. The number of rotatable bonds is 17. The van der Waals surface area contributed by atoms with Crippen LogP contribution in [0.3, 0.4) is 0 Å². The molecule has 0 aliphatic heterocycles. The van der Waals surface area contributed by atoms with E-state index < -0.39 is 17.1 Å². The van der Waals surface area contributed by atoms with E-state index in [9.17, 15) is 33.6 Å². The number of nitrogens with zero attached hydrogens (tertiary/aromatic N) is 8. The lowest BCUT2D eigenvalue weighted by atomic mass is 9.98. The average molecular weight is 1960 g/mol. The van der Waals surface area contributed by atoms with Gasteiger partial charge in [-0.3, -0.25) is 47.6 Å². The molecule has 18 rings (SSSR count). The molecule has 20 nitrogen and oxygen atoms in total. The molecule has 0 unspecified atom stereocenters. The Hall–Kier alpha value is -14.6. The Morgan fingerprint density at radius 1 is 0.348 bits per heavy atom. The van der Waals surface area contributed by atoms with Gasteiger partial charge in [0.1, 0.15) is 40.4 Å². The zero-order chi connectivity index (χ0) is 93.1. The molecular formula is C108H90Br3ClN10O10. The molecule has 4 aromatic heterocycles. The Labute approximate surface area is 792 Å². The molecule has 660 valence electrons. The van der Waals surface area contributed by atoms with Gasteiger partial charge in [0, 0.05) is 36.4 Å². The van der Waals surface area contributed by atoms with Crippen molar-refractivity contribution in [2.75, 3.05) is 11.1 Å². The summed E-state index contributed by atoms with van der Waals surface area (Å²) in [5.41, 5.74) is 16.5. The van der Waals surface area contributed by atoms with Crippen molar-refractivity contribution >= 4 is 132 Å². The number of anilines is 2. The first kappa shape index (κ1) is 93.5. The van der Waals surface area contributed by atoms with Crippen LogP contribution in [0.4, 0.5) is 21.0 Å². The Bertz CT molecular complexity index is 7030. The van der Waals surface area contributed by atoms with Gasteiger partial charge in [-0.1, -0.05) is 297 Å². The number of aromatic nitrogens is 8. The Morgan fingerprint density at radius 2 is 0.621 bits per heavy atom. The molecule has 0 bridgehead atoms. The number of esters is 1. The average Bonchev–Trinajstić information content (AvgIpc) is 0.772. The first-order chi connectivity index (χ1) is 63.7. The van der Waals surface area contributed by atoms with Crippen molar-refractivity contribution in [3.63, 3.8) is 0 Å². The quantitative estimate of drug-likeness (QED) is 0.0372. The van der Waals surface area contributed by atoms with Crippen LogP contribution in [0.2, 0.25) is 0 Å². The fourth-order valence-corrected chi connectivity index (χ4v) is 16.5. The summed E-state index contributed by atoms with van der Waals surface area (Å²) in [5, 5.41) is 4.88. The van der Waals surface area contributed by atoms with Crippen molar-refractivity contribution in [2.24, 2.45) is 0 Å². The smallest absolute Gasteiger partial charge is 0.412 e. The summed E-state index contributed by atoms with van der Waals surface area (Å²) in [6.45, 7) is 12.8. The third-order valence-corrected chi connectivity index (χ3v) is 23.0. The second-order valence-electron chi connectivity index (χ2n) is 31.8. The van der Waals surface area contributed by atoms with Crippen molar-refractivity contribution in [1.29, 1.82) is 0 Å². The first-order valence-corrected chi connectivity index (χ1v) is 45.0. The molecule has 1 amide bonds. The molecule has 0 radical (unpaired) electrons. The zero-order valence-corrected chi connectivity index (χ0v) is 78.4. The molecule has 24 heteroatoms. The highest BCUT2D eigenvalue weighted by Gasteiger charge is 2.28. The van der Waals surface area contributed by atoms with E-state index in [1.54, 1.807) is 130 Å². The molecule has 132 heavy (non-hydrogen) atoms. The fraction of sp³-hybridized carbons (Fsp3) is 0.120. The standard InChI is InChI=1S/C30H23BrN2O3.C27H27N3O3.C22H17BrN2O.C22H19N3O.C7H4BrClO2/c1-20-32-27-18-21(19-28(34)36-25-15-13-24(31)14-16-25)12-17-26(27)30(35)33(20)29(22-8-4-2-5-9-22)23-10-6-3-7-11-23;1-18-28-23-17-21(29-26(32)33-27(2,3)4)15-16-22(23)25(31)30(18)24(19-11-7-5-8-12-19)20-13-9-6-10-14-20;2*1-15-24-20-14-18(23)12-13-19(20)22(26)25(15)21(16-8-4-2-5-9-16)17-10-6-3-7-11-17;8-5-1-3-6(4-2-5)11-7(9)10/h2-18,29H,19H2,1H3;5-17,24H,1-4H3,(H,29,32);2-14,21H,1H3;2-14,21H,23H2,1H3;1-4H. The number of carbonyl (C=O) groups excluding carboxylic acids is 3. The van der Waals surface area contributed by atoms with E-state index in [-0.39, 0.29) is 58.8 Å². The third kappa shape index (κ3) is 23.3. The van der Waals surface area contributed by atoms with Gasteiger partial charge >= 0.3 is 17.5 Å².